The van der Waals surface area contributed by atoms with Crippen molar-refractivity contribution in [3.8, 4) is 0 Å². The Bertz CT molecular complexity index is 1380. The van der Waals surface area contributed by atoms with Crippen molar-refractivity contribution in [2.75, 3.05) is 0 Å². The molecule has 0 aliphatic carbocycles. The van der Waals surface area contributed by atoms with E-state index in [1.165, 1.54) is 28.5 Å². The molecule has 46 heavy (non-hydrogen) atoms. The van der Waals surface area contributed by atoms with Gasteiger partial charge in [0.2, 0.25) is 0 Å². The van der Waals surface area contributed by atoms with Gasteiger partial charge in [-0.25, -0.2) is 0 Å². The van der Waals surface area contributed by atoms with E-state index in [-0.39, 0.29) is 5.30 Å². The maximum atomic E-state index is 2.38. The third kappa shape index (κ3) is 11.0. The molecule has 0 aliphatic heterocycles. The van der Waals surface area contributed by atoms with E-state index in [1.807, 2.05) is 0 Å². The third-order valence-corrected chi connectivity index (χ3v) is 46.4. The molecular weight excluding hydrogens is 824 g/mol. The van der Waals surface area contributed by atoms with Gasteiger partial charge in [-0.2, -0.15) is 0 Å². The molecule has 0 aromatic heterocycles. The van der Waals surface area contributed by atoms with Crippen molar-refractivity contribution in [3.63, 3.8) is 0 Å². The molecule has 230 valence electrons. The molecule has 6 aromatic carbocycles. The molecule has 0 bridgehead atoms. The fraction of sp³-hybridized carbons (Fsp3) is 0.0270. The van der Waals surface area contributed by atoms with Gasteiger partial charge in [0, 0.05) is 0 Å². The summed E-state index contributed by atoms with van der Waals surface area (Å²) in [5.74, 6) is 0. The van der Waals surface area contributed by atoms with E-state index in [4.69, 9.17) is 0 Å². The first kappa shape index (κ1) is 34.9. The van der Waals surface area contributed by atoms with E-state index in [0.717, 1.165) is 0 Å². The quantitative estimate of drug-likeness (QED) is 0.0745. The van der Waals surface area contributed by atoms with Crippen LogP contribution in [0, 0.1) is 0 Å². The molecule has 0 nitrogen and oxygen atoms in total. The van der Waals surface area contributed by atoms with Crippen LogP contribution in [0.4, 0.5) is 0 Å². The molecule has 0 atom stereocenters. The normalized spacial score (nSPS) is 11.5. The van der Waals surface area contributed by atoms with Crippen LogP contribution in [-0.4, -0.2) is 34.2 Å². The standard InChI is InChI=1S/C37H31P3S4Se2/c1-7-19-31(20-8-1)41-38(42-32-21-9-2-10-22-32)37(39(43-33-23-11-3-12-24-33)44-34-25-13-4-14-26-34)40(45-35-27-15-5-16-28-35)46-36-29-17-6-18-30-36/h1-30,37H. The minimum absolute atomic E-state index is 0.341. The van der Waals surface area contributed by atoms with Gasteiger partial charge >= 0.3 is 308 Å². The van der Waals surface area contributed by atoms with Crippen molar-refractivity contribution in [2.24, 2.45) is 0 Å². The van der Waals surface area contributed by atoms with Crippen LogP contribution in [0.25, 0.3) is 0 Å². The monoisotopic (exact) mass is 856 g/mol. The van der Waals surface area contributed by atoms with Crippen LogP contribution in [0.3, 0.4) is 0 Å². The molecule has 0 saturated heterocycles. The van der Waals surface area contributed by atoms with Gasteiger partial charge < -0.3 is 0 Å². The van der Waals surface area contributed by atoms with E-state index in [9.17, 15) is 0 Å². The molecule has 0 radical (unpaired) electrons. The molecule has 0 spiro atoms. The van der Waals surface area contributed by atoms with Gasteiger partial charge in [0.15, 0.2) is 0 Å². The molecule has 0 saturated carbocycles. The second-order valence-electron chi connectivity index (χ2n) is 9.63. The first-order chi connectivity index (χ1) is 22.8. The Morgan fingerprint density at radius 3 is 0.826 bits per heavy atom. The second-order valence-corrected chi connectivity index (χ2v) is 38.1. The van der Waals surface area contributed by atoms with Crippen LogP contribution in [0.15, 0.2) is 202 Å². The SMILES string of the molecule is c1ccc(SP(Sc2ccccc2)C(P(Sc2ccccc2)Sc2ccccc2)P([Se]c2ccccc2)[Se]c2ccccc2)cc1. The number of benzene rings is 6. The average molecular weight is 855 g/mol. The van der Waals surface area contributed by atoms with Crippen molar-refractivity contribution in [3.05, 3.63) is 182 Å². The van der Waals surface area contributed by atoms with Crippen LogP contribution in [0.2, 0.25) is 0 Å². The topological polar surface area (TPSA) is 0 Å². The fourth-order valence-corrected chi connectivity index (χ4v) is 63.5. The number of rotatable bonds is 15. The summed E-state index contributed by atoms with van der Waals surface area (Å²) in [6.45, 7) is 0. The zero-order chi connectivity index (χ0) is 31.2. The number of hydrogen-bond acceptors (Lipinski definition) is 4. The number of hydrogen-bond donors (Lipinski definition) is 0. The van der Waals surface area contributed by atoms with Gasteiger partial charge in [-0.15, -0.1) is 0 Å². The molecule has 0 amide bonds. The Labute approximate surface area is 305 Å². The van der Waals surface area contributed by atoms with Gasteiger partial charge in [0.25, 0.3) is 0 Å². The van der Waals surface area contributed by atoms with E-state index >= 15 is 0 Å². The van der Waals surface area contributed by atoms with Crippen molar-refractivity contribution in [1.29, 1.82) is 0 Å². The average Bonchev–Trinajstić information content (AvgIpc) is 3.11. The predicted octanol–water partition coefficient (Wildman–Crippen LogP) is 12.4. The summed E-state index contributed by atoms with van der Waals surface area (Å²) in [6.07, 6.45) is -1.12. The van der Waals surface area contributed by atoms with Gasteiger partial charge in [0.05, 0.1) is 0 Å². The van der Waals surface area contributed by atoms with E-state index in [2.05, 4.69) is 228 Å². The van der Waals surface area contributed by atoms with E-state index in [0.29, 0.717) is 34.2 Å². The van der Waals surface area contributed by atoms with Crippen LogP contribution in [-0.2, 0) is 0 Å². The summed E-state index contributed by atoms with van der Waals surface area (Å²) >= 11 is 9.33. The van der Waals surface area contributed by atoms with Gasteiger partial charge in [-0.1, -0.05) is 0 Å². The predicted molar refractivity (Wildman–Crippen MR) is 217 cm³/mol. The van der Waals surface area contributed by atoms with Crippen LogP contribution in [0.5, 0.6) is 0 Å². The Morgan fingerprint density at radius 2 is 0.565 bits per heavy atom. The third-order valence-electron chi connectivity index (χ3n) is 6.20. The molecule has 0 unspecified atom stereocenters. The summed E-state index contributed by atoms with van der Waals surface area (Å²) < 4.78 is 3.05. The summed E-state index contributed by atoms with van der Waals surface area (Å²) in [4.78, 5) is 5.50. The molecule has 9 heteroatoms. The molecule has 0 heterocycles. The molecule has 6 aromatic rings. The Morgan fingerprint density at radius 1 is 0.326 bits per heavy atom. The summed E-state index contributed by atoms with van der Waals surface area (Å²) in [6, 6.07) is 67.4. The molecule has 6 rings (SSSR count). The van der Waals surface area contributed by atoms with Gasteiger partial charge in [-0.05, 0) is 0 Å². The van der Waals surface area contributed by atoms with Gasteiger partial charge in [-0.3, -0.25) is 0 Å². The molecule has 0 fully saturated rings. The van der Waals surface area contributed by atoms with E-state index in [1.54, 1.807) is 0 Å². The summed E-state index contributed by atoms with van der Waals surface area (Å²) in [7, 11) is 0. The van der Waals surface area contributed by atoms with Crippen LogP contribution in [0.1, 0.15) is 0 Å². The Kier molecular flexibility index (Phi) is 14.6. The fourth-order valence-electron chi connectivity index (χ4n) is 4.08. The first-order valence-electron chi connectivity index (χ1n) is 14.6. The van der Waals surface area contributed by atoms with Crippen LogP contribution >= 0.6 is 63.5 Å². The summed E-state index contributed by atoms with van der Waals surface area (Å²) in [5.41, 5.74) is 0. The zero-order valence-corrected chi connectivity index (χ0v) is 34.1. The van der Waals surface area contributed by atoms with Crippen molar-refractivity contribution >= 4 is 101 Å². The first-order valence-corrected chi connectivity index (χ1v) is 30.6. The maximum absolute atomic E-state index is 2.38. The molecular formula is C37H31P3S4Se2. The Hall–Kier alpha value is -0.951. The zero-order valence-electron chi connectivity index (χ0n) is 24.7. The second kappa shape index (κ2) is 19.3. The summed E-state index contributed by atoms with van der Waals surface area (Å²) in [5, 5.41) is 0.234. The van der Waals surface area contributed by atoms with Crippen molar-refractivity contribution < 1.29 is 0 Å². The van der Waals surface area contributed by atoms with Gasteiger partial charge in [0.1, 0.15) is 0 Å². The molecule has 0 aliphatic rings. The van der Waals surface area contributed by atoms with Crippen LogP contribution < -0.4 is 8.92 Å². The Balaban J connectivity index is 1.50. The molecule has 0 N–H and O–H groups in total. The van der Waals surface area contributed by atoms with E-state index < -0.39 is 12.7 Å². The van der Waals surface area contributed by atoms with Crippen molar-refractivity contribution in [2.45, 2.75) is 24.7 Å². The minimum atomic E-state index is -0.560. The van der Waals surface area contributed by atoms with Crippen molar-refractivity contribution in [1.82, 2.24) is 0 Å².